The van der Waals surface area contributed by atoms with Crippen molar-refractivity contribution in [1.82, 2.24) is 9.80 Å². The standard InChI is InChI=1S/C14H18N2O5/c1-2-15(9-13(18)19)14(20)10-6-12(17)16(7-10)8-11-4-3-5-21-11/h3-5,10H,2,6-9H2,1H3,(H,18,19). The third kappa shape index (κ3) is 3.62. The summed E-state index contributed by atoms with van der Waals surface area (Å²) in [6.45, 7) is 2.33. The fourth-order valence-corrected chi connectivity index (χ4v) is 2.45. The summed E-state index contributed by atoms with van der Waals surface area (Å²) in [6.07, 6.45) is 1.65. The highest BCUT2D eigenvalue weighted by molar-refractivity contribution is 5.90. The largest absolute Gasteiger partial charge is 0.480 e. The molecule has 0 aromatic carbocycles. The zero-order chi connectivity index (χ0) is 15.4. The van der Waals surface area contributed by atoms with Crippen LogP contribution in [-0.2, 0) is 20.9 Å². The lowest BCUT2D eigenvalue weighted by Crippen LogP contribution is -2.40. The molecule has 0 radical (unpaired) electrons. The van der Waals surface area contributed by atoms with Crippen LogP contribution in [0, 0.1) is 5.92 Å². The van der Waals surface area contributed by atoms with Gasteiger partial charge in [0, 0.05) is 19.5 Å². The molecule has 1 aromatic rings. The molecule has 2 heterocycles. The SMILES string of the molecule is CCN(CC(=O)O)C(=O)C1CC(=O)N(Cc2ccco2)C1. The quantitative estimate of drug-likeness (QED) is 0.828. The molecule has 2 amide bonds. The molecule has 21 heavy (non-hydrogen) atoms. The molecule has 1 unspecified atom stereocenters. The number of hydrogen-bond acceptors (Lipinski definition) is 4. The summed E-state index contributed by atoms with van der Waals surface area (Å²) in [4.78, 5) is 37.8. The van der Waals surface area contributed by atoms with Crippen molar-refractivity contribution in [2.75, 3.05) is 19.6 Å². The molecule has 1 fully saturated rings. The summed E-state index contributed by atoms with van der Waals surface area (Å²) >= 11 is 0. The summed E-state index contributed by atoms with van der Waals surface area (Å²) in [6, 6.07) is 3.51. The van der Waals surface area contributed by atoms with E-state index in [2.05, 4.69) is 0 Å². The first-order valence-electron chi connectivity index (χ1n) is 6.82. The number of furan rings is 1. The van der Waals surface area contributed by atoms with Crippen molar-refractivity contribution < 1.29 is 23.9 Å². The molecular formula is C14H18N2O5. The Kier molecular flexibility index (Phi) is 4.62. The first kappa shape index (κ1) is 15.1. The third-order valence-electron chi connectivity index (χ3n) is 3.51. The summed E-state index contributed by atoms with van der Waals surface area (Å²) < 4.78 is 5.19. The van der Waals surface area contributed by atoms with E-state index in [1.54, 1.807) is 24.0 Å². The van der Waals surface area contributed by atoms with Crippen LogP contribution in [0.3, 0.4) is 0 Å². The highest BCUT2D eigenvalue weighted by Gasteiger charge is 2.36. The maximum Gasteiger partial charge on any atom is 0.323 e. The van der Waals surface area contributed by atoms with Crippen LogP contribution in [0.5, 0.6) is 0 Å². The average molecular weight is 294 g/mol. The van der Waals surface area contributed by atoms with E-state index in [-0.39, 0.29) is 24.8 Å². The van der Waals surface area contributed by atoms with E-state index in [9.17, 15) is 14.4 Å². The predicted octanol–water partition coefficient (Wildman–Crippen LogP) is 0.561. The van der Waals surface area contributed by atoms with E-state index in [1.807, 2.05) is 0 Å². The molecule has 0 bridgehead atoms. The fourth-order valence-electron chi connectivity index (χ4n) is 2.45. The summed E-state index contributed by atoms with van der Waals surface area (Å²) in [5.74, 6) is -1.27. The van der Waals surface area contributed by atoms with Crippen molar-refractivity contribution in [1.29, 1.82) is 0 Å². The van der Waals surface area contributed by atoms with Gasteiger partial charge in [0.05, 0.1) is 18.7 Å². The number of aliphatic carboxylic acids is 1. The van der Waals surface area contributed by atoms with Gasteiger partial charge in [0.25, 0.3) is 0 Å². The summed E-state index contributed by atoms with van der Waals surface area (Å²) in [7, 11) is 0. The topological polar surface area (TPSA) is 91.1 Å². The van der Waals surface area contributed by atoms with Gasteiger partial charge in [-0.1, -0.05) is 0 Å². The zero-order valence-corrected chi connectivity index (χ0v) is 11.8. The zero-order valence-electron chi connectivity index (χ0n) is 11.8. The fraction of sp³-hybridized carbons (Fsp3) is 0.500. The minimum atomic E-state index is -1.05. The number of carbonyl (C=O) groups is 3. The van der Waals surface area contributed by atoms with E-state index >= 15 is 0 Å². The van der Waals surface area contributed by atoms with E-state index < -0.39 is 11.9 Å². The molecular weight excluding hydrogens is 276 g/mol. The van der Waals surface area contributed by atoms with Crippen molar-refractivity contribution in [3.05, 3.63) is 24.2 Å². The first-order valence-corrected chi connectivity index (χ1v) is 6.82. The maximum atomic E-state index is 12.3. The van der Waals surface area contributed by atoms with Crippen LogP contribution in [0.4, 0.5) is 0 Å². The molecule has 0 saturated carbocycles. The van der Waals surface area contributed by atoms with Gasteiger partial charge in [0.2, 0.25) is 11.8 Å². The van der Waals surface area contributed by atoms with Crippen LogP contribution < -0.4 is 0 Å². The van der Waals surface area contributed by atoms with Gasteiger partial charge in [-0.2, -0.15) is 0 Å². The number of nitrogens with zero attached hydrogens (tertiary/aromatic N) is 2. The third-order valence-corrected chi connectivity index (χ3v) is 3.51. The number of hydrogen-bond donors (Lipinski definition) is 1. The number of carboxylic acid groups (broad SMARTS) is 1. The second kappa shape index (κ2) is 6.43. The van der Waals surface area contributed by atoms with E-state index in [0.717, 1.165) is 0 Å². The van der Waals surface area contributed by atoms with Crippen LogP contribution >= 0.6 is 0 Å². The minimum absolute atomic E-state index is 0.115. The monoisotopic (exact) mass is 294 g/mol. The van der Waals surface area contributed by atoms with Gasteiger partial charge in [0.15, 0.2) is 0 Å². The first-order chi connectivity index (χ1) is 10.0. The Balaban J connectivity index is 1.97. The van der Waals surface area contributed by atoms with Gasteiger partial charge >= 0.3 is 5.97 Å². The molecule has 1 atom stereocenters. The molecule has 0 spiro atoms. The smallest absolute Gasteiger partial charge is 0.323 e. The molecule has 7 nitrogen and oxygen atoms in total. The number of likely N-dealkylation sites (N-methyl/N-ethyl adjacent to an activating group) is 1. The Hall–Kier alpha value is -2.31. The molecule has 114 valence electrons. The van der Waals surface area contributed by atoms with Crippen LogP contribution in [0.2, 0.25) is 0 Å². The minimum Gasteiger partial charge on any atom is -0.480 e. The molecule has 1 N–H and O–H groups in total. The molecule has 1 aliphatic rings. The van der Waals surface area contributed by atoms with Crippen molar-refractivity contribution in [2.45, 2.75) is 19.9 Å². The van der Waals surface area contributed by atoms with Gasteiger partial charge in [-0.25, -0.2) is 0 Å². The summed E-state index contributed by atoms with van der Waals surface area (Å²) in [5.41, 5.74) is 0. The normalized spacial score (nSPS) is 18.0. The van der Waals surface area contributed by atoms with Crippen LogP contribution in [0.1, 0.15) is 19.1 Å². The molecule has 1 aliphatic heterocycles. The molecule has 1 aromatic heterocycles. The number of rotatable bonds is 6. The van der Waals surface area contributed by atoms with E-state index in [0.29, 0.717) is 25.4 Å². The lowest BCUT2D eigenvalue weighted by Gasteiger charge is -2.22. The maximum absolute atomic E-state index is 12.3. The molecule has 7 heteroatoms. The number of carbonyl (C=O) groups excluding carboxylic acids is 2. The predicted molar refractivity (Wildman–Crippen MR) is 72.1 cm³/mol. The van der Waals surface area contributed by atoms with E-state index in [4.69, 9.17) is 9.52 Å². The van der Waals surface area contributed by atoms with Crippen LogP contribution in [0.15, 0.2) is 22.8 Å². The van der Waals surface area contributed by atoms with Crippen molar-refractivity contribution >= 4 is 17.8 Å². The van der Waals surface area contributed by atoms with Gasteiger partial charge in [-0.15, -0.1) is 0 Å². The van der Waals surface area contributed by atoms with Crippen LogP contribution in [0.25, 0.3) is 0 Å². The van der Waals surface area contributed by atoms with Gasteiger partial charge in [-0.05, 0) is 19.1 Å². The van der Waals surface area contributed by atoms with E-state index in [1.165, 1.54) is 11.2 Å². The van der Waals surface area contributed by atoms with Crippen LogP contribution in [-0.4, -0.2) is 52.3 Å². The van der Waals surface area contributed by atoms with Gasteiger partial charge in [-0.3, -0.25) is 14.4 Å². The Morgan fingerprint density at radius 2 is 2.29 bits per heavy atom. The van der Waals surface area contributed by atoms with Crippen molar-refractivity contribution in [2.24, 2.45) is 5.92 Å². The average Bonchev–Trinajstić information content (AvgIpc) is 3.06. The number of carboxylic acids is 1. The second-order valence-corrected chi connectivity index (χ2v) is 5.00. The highest BCUT2D eigenvalue weighted by atomic mass is 16.4. The van der Waals surface area contributed by atoms with Gasteiger partial charge in [0.1, 0.15) is 12.3 Å². The molecule has 0 aliphatic carbocycles. The van der Waals surface area contributed by atoms with Gasteiger partial charge < -0.3 is 19.3 Å². The molecule has 2 rings (SSSR count). The second-order valence-electron chi connectivity index (χ2n) is 5.00. The Morgan fingerprint density at radius 3 is 2.86 bits per heavy atom. The lowest BCUT2D eigenvalue weighted by atomic mass is 10.1. The summed E-state index contributed by atoms with van der Waals surface area (Å²) in [5, 5.41) is 8.80. The lowest BCUT2D eigenvalue weighted by molar-refractivity contribution is -0.146. The van der Waals surface area contributed by atoms with Crippen molar-refractivity contribution in [3.8, 4) is 0 Å². The Labute approximate surface area is 122 Å². The van der Waals surface area contributed by atoms with Crippen molar-refractivity contribution in [3.63, 3.8) is 0 Å². The highest BCUT2D eigenvalue weighted by Crippen LogP contribution is 2.22. The number of likely N-dealkylation sites (tertiary alicyclic amines) is 1. The number of amides is 2. The molecule has 1 saturated heterocycles. The Morgan fingerprint density at radius 1 is 1.52 bits per heavy atom. The Bertz CT molecular complexity index is 525.